The van der Waals surface area contributed by atoms with Crippen molar-refractivity contribution in [2.45, 2.75) is 25.5 Å². The highest BCUT2D eigenvalue weighted by atomic mass is 16.5. The third-order valence-electron chi connectivity index (χ3n) is 3.11. The molecular weight excluding hydrogens is 188 g/mol. The Kier molecular flexibility index (Phi) is 2.82. The largest absolute Gasteiger partial charge is 0.399 e. The molecule has 15 heavy (non-hydrogen) atoms. The summed E-state index contributed by atoms with van der Waals surface area (Å²) in [5, 5.41) is 0. The molecule has 2 rings (SSSR count). The van der Waals surface area contributed by atoms with Gasteiger partial charge in [-0.15, -0.1) is 0 Å². The molecule has 2 atom stereocenters. The lowest BCUT2D eigenvalue weighted by Crippen LogP contribution is -2.36. The van der Waals surface area contributed by atoms with Crippen LogP contribution in [0.3, 0.4) is 0 Å². The summed E-state index contributed by atoms with van der Waals surface area (Å²) < 4.78 is 5.57. The van der Waals surface area contributed by atoms with Crippen molar-refractivity contribution in [2.75, 3.05) is 24.3 Å². The van der Waals surface area contributed by atoms with Crippen LogP contribution in [0.15, 0.2) is 24.3 Å². The number of rotatable bonds is 2. The van der Waals surface area contributed by atoms with Crippen molar-refractivity contribution < 1.29 is 4.74 Å². The second kappa shape index (κ2) is 4.11. The maximum Gasteiger partial charge on any atom is 0.0750 e. The summed E-state index contributed by atoms with van der Waals surface area (Å²) in [5.74, 6) is 0. The van der Waals surface area contributed by atoms with Crippen LogP contribution < -0.4 is 10.6 Å². The Hall–Kier alpha value is -1.22. The molecule has 0 aliphatic carbocycles. The van der Waals surface area contributed by atoms with Crippen LogP contribution in [-0.4, -0.2) is 25.8 Å². The summed E-state index contributed by atoms with van der Waals surface area (Å²) in [6.07, 6.45) is 1.39. The molecule has 3 nitrogen and oxygen atoms in total. The molecule has 1 aliphatic heterocycles. The van der Waals surface area contributed by atoms with E-state index in [1.807, 2.05) is 18.2 Å². The van der Waals surface area contributed by atoms with Crippen molar-refractivity contribution in [3.63, 3.8) is 0 Å². The Morgan fingerprint density at radius 3 is 2.87 bits per heavy atom. The molecule has 1 heterocycles. The molecule has 0 aromatic heterocycles. The highest BCUT2D eigenvalue weighted by Gasteiger charge is 2.27. The predicted octanol–water partition coefficient (Wildman–Crippen LogP) is 1.88. The molecule has 0 radical (unpaired) electrons. The lowest BCUT2D eigenvalue weighted by atomic mass is 10.1. The number of nitrogen functional groups attached to an aromatic ring is 1. The number of hydrogen-bond acceptors (Lipinski definition) is 3. The maximum absolute atomic E-state index is 5.77. The first-order valence-corrected chi connectivity index (χ1v) is 5.38. The van der Waals surface area contributed by atoms with E-state index in [-0.39, 0.29) is 0 Å². The number of likely N-dealkylation sites (N-methyl/N-ethyl adjacent to an activating group) is 1. The van der Waals surface area contributed by atoms with E-state index >= 15 is 0 Å². The maximum atomic E-state index is 5.77. The molecule has 1 aliphatic rings. The average molecular weight is 206 g/mol. The van der Waals surface area contributed by atoms with Gasteiger partial charge in [-0.2, -0.15) is 0 Å². The highest BCUT2D eigenvalue weighted by Crippen LogP contribution is 2.25. The molecule has 1 aromatic rings. The fourth-order valence-electron chi connectivity index (χ4n) is 2.16. The third kappa shape index (κ3) is 2.07. The van der Waals surface area contributed by atoms with Crippen molar-refractivity contribution in [1.29, 1.82) is 0 Å². The first-order chi connectivity index (χ1) is 7.18. The highest BCUT2D eigenvalue weighted by molar-refractivity contribution is 5.56. The summed E-state index contributed by atoms with van der Waals surface area (Å²) in [6.45, 7) is 2.99. The van der Waals surface area contributed by atoms with Gasteiger partial charge in [-0.3, -0.25) is 0 Å². The van der Waals surface area contributed by atoms with Crippen LogP contribution in [-0.2, 0) is 4.74 Å². The van der Waals surface area contributed by atoms with Gasteiger partial charge in [0.05, 0.1) is 12.1 Å². The topological polar surface area (TPSA) is 38.5 Å². The molecule has 0 spiro atoms. The Morgan fingerprint density at radius 2 is 2.27 bits per heavy atom. The van der Waals surface area contributed by atoms with Crippen LogP contribution in [0.1, 0.15) is 13.3 Å². The molecule has 0 saturated carbocycles. The van der Waals surface area contributed by atoms with Crippen LogP contribution in [0.5, 0.6) is 0 Å². The number of anilines is 2. The van der Waals surface area contributed by atoms with Gasteiger partial charge in [-0.05, 0) is 31.5 Å². The third-order valence-corrected chi connectivity index (χ3v) is 3.11. The minimum atomic E-state index is 0.302. The number of nitrogens with two attached hydrogens (primary N) is 1. The van der Waals surface area contributed by atoms with E-state index in [1.54, 1.807) is 0 Å². The van der Waals surface area contributed by atoms with Gasteiger partial charge in [0.15, 0.2) is 0 Å². The molecule has 0 bridgehead atoms. The van der Waals surface area contributed by atoms with Gasteiger partial charge in [-0.25, -0.2) is 0 Å². The minimum absolute atomic E-state index is 0.302. The van der Waals surface area contributed by atoms with Crippen LogP contribution >= 0.6 is 0 Å². The normalized spacial score (nSPS) is 25.5. The van der Waals surface area contributed by atoms with E-state index < -0.39 is 0 Å². The molecule has 82 valence electrons. The summed E-state index contributed by atoms with van der Waals surface area (Å²) >= 11 is 0. The molecule has 1 aromatic carbocycles. The number of nitrogens with zero attached hydrogens (tertiary/aromatic N) is 1. The van der Waals surface area contributed by atoms with E-state index in [0.717, 1.165) is 24.4 Å². The summed E-state index contributed by atoms with van der Waals surface area (Å²) in [4.78, 5) is 2.26. The zero-order valence-electron chi connectivity index (χ0n) is 9.31. The van der Waals surface area contributed by atoms with E-state index in [1.165, 1.54) is 0 Å². The van der Waals surface area contributed by atoms with E-state index in [4.69, 9.17) is 10.5 Å². The van der Waals surface area contributed by atoms with E-state index in [2.05, 4.69) is 24.9 Å². The lowest BCUT2D eigenvalue weighted by Gasteiger charge is -2.28. The van der Waals surface area contributed by atoms with Crippen LogP contribution in [0, 0.1) is 0 Å². The van der Waals surface area contributed by atoms with Gasteiger partial charge in [0, 0.05) is 25.0 Å². The smallest absolute Gasteiger partial charge is 0.0750 e. The van der Waals surface area contributed by atoms with Crippen LogP contribution in [0.4, 0.5) is 11.4 Å². The summed E-state index contributed by atoms with van der Waals surface area (Å²) in [5.41, 5.74) is 7.75. The average Bonchev–Trinajstić information content (AvgIpc) is 2.63. The van der Waals surface area contributed by atoms with Crippen molar-refractivity contribution >= 4 is 11.4 Å². The summed E-state index contributed by atoms with van der Waals surface area (Å²) in [6, 6.07) is 8.45. The molecule has 1 saturated heterocycles. The molecule has 2 N–H and O–H groups in total. The zero-order valence-corrected chi connectivity index (χ0v) is 9.31. The van der Waals surface area contributed by atoms with Crippen LogP contribution in [0.2, 0.25) is 0 Å². The van der Waals surface area contributed by atoms with Gasteiger partial charge < -0.3 is 15.4 Å². The van der Waals surface area contributed by atoms with E-state index in [0.29, 0.717) is 12.1 Å². The number of benzene rings is 1. The van der Waals surface area contributed by atoms with Crippen molar-refractivity contribution in [1.82, 2.24) is 0 Å². The Balaban J connectivity index is 2.16. The van der Waals surface area contributed by atoms with Gasteiger partial charge in [0.25, 0.3) is 0 Å². The SMILES string of the molecule is CC1OCCC1N(C)c1cccc(N)c1. The second-order valence-corrected chi connectivity index (χ2v) is 4.14. The molecule has 3 heteroatoms. The lowest BCUT2D eigenvalue weighted by molar-refractivity contribution is 0.118. The van der Waals surface area contributed by atoms with E-state index in [9.17, 15) is 0 Å². The summed E-state index contributed by atoms with van der Waals surface area (Å²) in [7, 11) is 2.10. The Labute approximate surface area is 90.8 Å². The first kappa shape index (κ1) is 10.3. The molecular formula is C12H18N2O. The van der Waals surface area contributed by atoms with Gasteiger partial charge in [0.2, 0.25) is 0 Å². The van der Waals surface area contributed by atoms with Crippen molar-refractivity contribution in [2.24, 2.45) is 0 Å². The van der Waals surface area contributed by atoms with Gasteiger partial charge >= 0.3 is 0 Å². The van der Waals surface area contributed by atoms with Gasteiger partial charge in [0.1, 0.15) is 0 Å². The standard InChI is InChI=1S/C12H18N2O/c1-9-12(6-7-15-9)14(2)11-5-3-4-10(13)8-11/h3-5,8-9,12H,6-7,13H2,1-2H3. The predicted molar refractivity (Wildman–Crippen MR) is 63.1 cm³/mol. The first-order valence-electron chi connectivity index (χ1n) is 5.38. The number of ether oxygens (including phenoxy) is 1. The van der Waals surface area contributed by atoms with Crippen molar-refractivity contribution in [3.8, 4) is 0 Å². The Bertz CT molecular complexity index is 340. The molecule has 2 unspecified atom stereocenters. The monoisotopic (exact) mass is 206 g/mol. The number of hydrogen-bond donors (Lipinski definition) is 1. The Morgan fingerprint density at radius 1 is 1.47 bits per heavy atom. The zero-order chi connectivity index (χ0) is 10.8. The van der Waals surface area contributed by atoms with Crippen molar-refractivity contribution in [3.05, 3.63) is 24.3 Å². The molecule has 0 amide bonds. The second-order valence-electron chi connectivity index (χ2n) is 4.14. The molecule has 1 fully saturated rings. The fourth-order valence-corrected chi connectivity index (χ4v) is 2.16. The fraction of sp³-hybridized carbons (Fsp3) is 0.500. The van der Waals surface area contributed by atoms with Gasteiger partial charge in [-0.1, -0.05) is 6.07 Å². The van der Waals surface area contributed by atoms with Crippen LogP contribution in [0.25, 0.3) is 0 Å². The quantitative estimate of drug-likeness (QED) is 0.751. The minimum Gasteiger partial charge on any atom is -0.399 e.